The topological polar surface area (TPSA) is 38.0 Å². The molecular formula is C14H22N2. The summed E-state index contributed by atoms with van der Waals surface area (Å²) in [6.45, 7) is 2.17. The number of nitrogens with one attached hydrogen (secondary N) is 1. The standard InChI is InChI=1S/C14H22N2/c1-11-5-2-3-8-13(11)10-14(16-15)9-12-6-4-7-12/h2-3,5,8,12,14,16H,4,6-7,9-10,15H2,1H3. The molecule has 0 spiro atoms. The lowest BCUT2D eigenvalue weighted by atomic mass is 9.80. The quantitative estimate of drug-likeness (QED) is 0.589. The molecule has 3 N–H and O–H groups in total. The van der Waals surface area contributed by atoms with E-state index in [-0.39, 0.29) is 0 Å². The Balaban J connectivity index is 1.92. The van der Waals surface area contributed by atoms with Crippen LogP contribution in [-0.2, 0) is 6.42 Å². The maximum Gasteiger partial charge on any atom is 0.0253 e. The molecule has 0 bridgehead atoms. The monoisotopic (exact) mass is 218 g/mol. The highest BCUT2D eigenvalue weighted by molar-refractivity contribution is 5.26. The Labute approximate surface area is 98.2 Å². The first kappa shape index (κ1) is 11.6. The predicted octanol–water partition coefficient (Wildman–Crippen LogP) is 2.56. The van der Waals surface area contributed by atoms with Crippen LogP contribution in [0.25, 0.3) is 0 Å². The highest BCUT2D eigenvalue weighted by Crippen LogP contribution is 2.31. The number of hydrogen-bond acceptors (Lipinski definition) is 2. The minimum Gasteiger partial charge on any atom is -0.271 e. The second-order valence-electron chi connectivity index (χ2n) is 5.03. The molecule has 0 amide bonds. The van der Waals surface area contributed by atoms with Crippen LogP contribution in [-0.4, -0.2) is 6.04 Å². The first-order valence-corrected chi connectivity index (χ1v) is 6.30. The minimum absolute atomic E-state index is 0.436. The number of aryl methyl sites for hydroxylation is 1. The molecule has 1 aliphatic carbocycles. The number of rotatable bonds is 5. The van der Waals surface area contributed by atoms with Gasteiger partial charge >= 0.3 is 0 Å². The van der Waals surface area contributed by atoms with Gasteiger partial charge in [-0.25, -0.2) is 0 Å². The molecule has 0 saturated heterocycles. The summed E-state index contributed by atoms with van der Waals surface area (Å²) in [5, 5.41) is 0. The highest BCUT2D eigenvalue weighted by Gasteiger charge is 2.21. The molecule has 0 aromatic heterocycles. The van der Waals surface area contributed by atoms with Crippen molar-refractivity contribution in [2.24, 2.45) is 11.8 Å². The Kier molecular flexibility index (Phi) is 3.97. The summed E-state index contributed by atoms with van der Waals surface area (Å²) in [6.07, 6.45) is 6.48. The van der Waals surface area contributed by atoms with Crippen LogP contribution in [0.5, 0.6) is 0 Å². The smallest absolute Gasteiger partial charge is 0.0253 e. The van der Waals surface area contributed by atoms with E-state index < -0.39 is 0 Å². The third kappa shape index (κ3) is 2.83. The molecule has 1 unspecified atom stereocenters. The van der Waals surface area contributed by atoms with E-state index in [9.17, 15) is 0 Å². The molecule has 1 aromatic rings. The van der Waals surface area contributed by atoms with Gasteiger partial charge in [-0.1, -0.05) is 43.5 Å². The van der Waals surface area contributed by atoms with Gasteiger partial charge in [0.05, 0.1) is 0 Å². The van der Waals surface area contributed by atoms with Crippen molar-refractivity contribution in [1.29, 1.82) is 0 Å². The van der Waals surface area contributed by atoms with Crippen LogP contribution in [0.3, 0.4) is 0 Å². The summed E-state index contributed by atoms with van der Waals surface area (Å²) in [7, 11) is 0. The zero-order chi connectivity index (χ0) is 11.4. The molecule has 2 rings (SSSR count). The van der Waals surface area contributed by atoms with Gasteiger partial charge in [-0.2, -0.15) is 0 Å². The van der Waals surface area contributed by atoms with Crippen molar-refractivity contribution in [3.8, 4) is 0 Å². The van der Waals surface area contributed by atoms with E-state index in [1.54, 1.807) is 0 Å². The zero-order valence-corrected chi connectivity index (χ0v) is 10.1. The molecule has 1 saturated carbocycles. The van der Waals surface area contributed by atoms with Crippen molar-refractivity contribution in [2.75, 3.05) is 0 Å². The van der Waals surface area contributed by atoms with Gasteiger partial charge in [-0.15, -0.1) is 0 Å². The van der Waals surface area contributed by atoms with Crippen LogP contribution in [0.1, 0.15) is 36.8 Å². The summed E-state index contributed by atoms with van der Waals surface area (Å²) >= 11 is 0. The van der Waals surface area contributed by atoms with E-state index >= 15 is 0 Å². The second-order valence-corrected chi connectivity index (χ2v) is 5.03. The second kappa shape index (κ2) is 5.46. The Morgan fingerprint density at radius 3 is 2.69 bits per heavy atom. The number of hydrogen-bond donors (Lipinski definition) is 2. The Hall–Kier alpha value is -0.860. The van der Waals surface area contributed by atoms with Gasteiger partial charge in [0, 0.05) is 6.04 Å². The van der Waals surface area contributed by atoms with Crippen LogP contribution in [0.2, 0.25) is 0 Å². The third-order valence-electron chi connectivity index (χ3n) is 3.81. The van der Waals surface area contributed by atoms with Gasteiger partial charge in [0.2, 0.25) is 0 Å². The maximum atomic E-state index is 5.65. The van der Waals surface area contributed by atoms with Crippen molar-refractivity contribution in [1.82, 2.24) is 5.43 Å². The summed E-state index contributed by atoms with van der Waals surface area (Å²) < 4.78 is 0. The Bertz CT molecular complexity index is 331. The van der Waals surface area contributed by atoms with E-state index in [1.165, 1.54) is 36.8 Å². The van der Waals surface area contributed by atoms with Gasteiger partial charge in [0.1, 0.15) is 0 Å². The average Bonchev–Trinajstić information content (AvgIpc) is 2.24. The van der Waals surface area contributed by atoms with Crippen LogP contribution in [0.4, 0.5) is 0 Å². The number of hydrazine groups is 1. The van der Waals surface area contributed by atoms with Gasteiger partial charge in [0.25, 0.3) is 0 Å². The number of benzene rings is 1. The molecule has 1 aliphatic rings. The van der Waals surface area contributed by atoms with E-state index in [4.69, 9.17) is 5.84 Å². The fourth-order valence-electron chi connectivity index (χ4n) is 2.45. The molecule has 0 radical (unpaired) electrons. The highest BCUT2D eigenvalue weighted by atomic mass is 15.2. The van der Waals surface area contributed by atoms with Gasteiger partial charge in [-0.05, 0) is 36.8 Å². The van der Waals surface area contributed by atoms with Crippen LogP contribution in [0, 0.1) is 12.8 Å². The summed E-state index contributed by atoms with van der Waals surface area (Å²) in [5.74, 6) is 6.56. The molecule has 0 heterocycles. The SMILES string of the molecule is Cc1ccccc1CC(CC1CCC1)NN. The van der Waals surface area contributed by atoms with E-state index in [0.29, 0.717) is 6.04 Å². The van der Waals surface area contributed by atoms with Gasteiger partial charge in [-0.3, -0.25) is 11.3 Å². The molecular weight excluding hydrogens is 196 g/mol. The average molecular weight is 218 g/mol. The predicted molar refractivity (Wildman–Crippen MR) is 68.0 cm³/mol. The van der Waals surface area contributed by atoms with Crippen LogP contribution < -0.4 is 11.3 Å². The molecule has 2 nitrogen and oxygen atoms in total. The summed E-state index contributed by atoms with van der Waals surface area (Å²) in [5.41, 5.74) is 5.77. The normalized spacial score (nSPS) is 18.1. The first-order valence-electron chi connectivity index (χ1n) is 6.30. The largest absolute Gasteiger partial charge is 0.271 e. The lowest BCUT2D eigenvalue weighted by molar-refractivity contribution is 0.259. The fourth-order valence-corrected chi connectivity index (χ4v) is 2.45. The van der Waals surface area contributed by atoms with Crippen molar-refractivity contribution < 1.29 is 0 Å². The van der Waals surface area contributed by atoms with Gasteiger partial charge < -0.3 is 0 Å². The molecule has 88 valence electrons. The van der Waals surface area contributed by atoms with Crippen LogP contribution in [0.15, 0.2) is 24.3 Å². The number of nitrogens with two attached hydrogens (primary N) is 1. The Morgan fingerprint density at radius 1 is 1.38 bits per heavy atom. The molecule has 0 aliphatic heterocycles. The fraction of sp³-hybridized carbons (Fsp3) is 0.571. The molecule has 1 atom stereocenters. The zero-order valence-electron chi connectivity index (χ0n) is 10.1. The van der Waals surface area contributed by atoms with E-state index in [1.807, 2.05) is 0 Å². The molecule has 1 aromatic carbocycles. The first-order chi connectivity index (χ1) is 7.79. The van der Waals surface area contributed by atoms with Crippen molar-refractivity contribution >= 4 is 0 Å². The summed E-state index contributed by atoms with van der Waals surface area (Å²) in [6, 6.07) is 9.02. The maximum absolute atomic E-state index is 5.65. The van der Waals surface area contributed by atoms with E-state index in [0.717, 1.165) is 12.3 Å². The Morgan fingerprint density at radius 2 is 2.12 bits per heavy atom. The van der Waals surface area contributed by atoms with E-state index in [2.05, 4.69) is 36.6 Å². The molecule has 16 heavy (non-hydrogen) atoms. The minimum atomic E-state index is 0.436. The van der Waals surface area contributed by atoms with Crippen LogP contribution >= 0.6 is 0 Å². The van der Waals surface area contributed by atoms with Gasteiger partial charge in [0.15, 0.2) is 0 Å². The lowest BCUT2D eigenvalue weighted by Gasteiger charge is -2.29. The third-order valence-corrected chi connectivity index (χ3v) is 3.81. The van der Waals surface area contributed by atoms with Crippen molar-refractivity contribution in [3.05, 3.63) is 35.4 Å². The molecule has 2 heteroatoms. The lowest BCUT2D eigenvalue weighted by Crippen LogP contribution is -2.39. The van der Waals surface area contributed by atoms with Crippen molar-refractivity contribution in [2.45, 2.75) is 45.1 Å². The molecule has 1 fully saturated rings. The van der Waals surface area contributed by atoms with Crippen molar-refractivity contribution in [3.63, 3.8) is 0 Å². The summed E-state index contributed by atoms with van der Waals surface area (Å²) in [4.78, 5) is 0.